The van der Waals surface area contributed by atoms with E-state index >= 15 is 0 Å². The number of amides is 1. The van der Waals surface area contributed by atoms with Gasteiger partial charge < -0.3 is 15.2 Å². The molecule has 0 heterocycles. The quantitative estimate of drug-likeness (QED) is 0.829. The Morgan fingerprint density at radius 1 is 1.32 bits per heavy atom. The van der Waals surface area contributed by atoms with E-state index < -0.39 is 0 Å². The Hall–Kier alpha value is -1.55. The minimum atomic E-state index is -0.267. The second-order valence-electron chi connectivity index (χ2n) is 5.43. The molecule has 0 aliphatic rings. The first kappa shape index (κ1) is 15.5. The molecule has 0 spiro atoms. The number of nitrogens with one attached hydrogen (secondary N) is 1. The van der Waals surface area contributed by atoms with Gasteiger partial charge in [-0.15, -0.1) is 0 Å². The van der Waals surface area contributed by atoms with E-state index in [1.165, 1.54) is 0 Å². The molecule has 1 aromatic carbocycles. The van der Waals surface area contributed by atoms with Gasteiger partial charge in [-0.1, -0.05) is 18.2 Å². The molecule has 0 bridgehead atoms. The average molecular weight is 265 g/mol. The highest BCUT2D eigenvalue weighted by Crippen LogP contribution is 2.22. The van der Waals surface area contributed by atoms with Crippen molar-refractivity contribution in [3.05, 3.63) is 29.8 Å². The molecule has 106 valence electrons. The summed E-state index contributed by atoms with van der Waals surface area (Å²) < 4.78 is 5.85. The largest absolute Gasteiger partial charge is 0.488 e. The molecule has 0 radical (unpaired) electrons. The van der Waals surface area contributed by atoms with Crippen molar-refractivity contribution in [2.75, 3.05) is 6.61 Å². The predicted octanol–water partition coefficient (Wildman–Crippen LogP) is 2.25. The van der Waals surface area contributed by atoms with Crippen molar-refractivity contribution in [1.82, 2.24) is 5.32 Å². The van der Waals surface area contributed by atoms with Crippen molar-refractivity contribution in [2.45, 2.75) is 45.8 Å². The number of aliphatic hydroxyl groups is 1. The van der Waals surface area contributed by atoms with Crippen molar-refractivity contribution in [2.24, 2.45) is 0 Å². The first-order valence-corrected chi connectivity index (χ1v) is 6.57. The van der Waals surface area contributed by atoms with Crippen molar-refractivity contribution < 1.29 is 14.6 Å². The molecule has 0 aliphatic heterocycles. The fourth-order valence-corrected chi connectivity index (χ4v) is 1.60. The van der Waals surface area contributed by atoms with Gasteiger partial charge in [-0.3, -0.25) is 4.79 Å². The van der Waals surface area contributed by atoms with Crippen LogP contribution in [0.1, 0.15) is 39.2 Å². The van der Waals surface area contributed by atoms with E-state index in [0.717, 1.165) is 11.3 Å². The third-order valence-electron chi connectivity index (χ3n) is 2.43. The molecule has 1 rings (SSSR count). The average Bonchev–Trinajstić information content (AvgIpc) is 2.33. The van der Waals surface area contributed by atoms with E-state index in [1.807, 2.05) is 45.0 Å². The standard InChI is InChI=1S/C15H23NO3/c1-15(2,3)19-13-8-5-4-7-12(13)11-16-14(18)9-6-10-17/h4-5,7-8,17H,6,9-11H2,1-3H3,(H,16,18). The third kappa shape index (κ3) is 6.25. The molecule has 0 unspecified atom stereocenters. The van der Waals surface area contributed by atoms with Crippen LogP contribution < -0.4 is 10.1 Å². The Labute approximate surface area is 114 Å². The van der Waals surface area contributed by atoms with Gasteiger partial charge in [0.1, 0.15) is 11.4 Å². The zero-order valence-electron chi connectivity index (χ0n) is 11.9. The number of ether oxygens (including phenoxy) is 1. The summed E-state index contributed by atoms with van der Waals surface area (Å²) >= 11 is 0. The Morgan fingerprint density at radius 3 is 2.63 bits per heavy atom. The van der Waals surface area contributed by atoms with Crippen LogP contribution in [-0.2, 0) is 11.3 Å². The first-order valence-electron chi connectivity index (χ1n) is 6.57. The zero-order chi connectivity index (χ0) is 14.3. The van der Waals surface area contributed by atoms with E-state index in [1.54, 1.807) is 0 Å². The number of hydrogen-bond acceptors (Lipinski definition) is 3. The van der Waals surface area contributed by atoms with E-state index in [-0.39, 0.29) is 18.1 Å². The van der Waals surface area contributed by atoms with Crippen molar-refractivity contribution in [3.8, 4) is 5.75 Å². The minimum absolute atomic E-state index is 0.0388. The lowest BCUT2D eigenvalue weighted by atomic mass is 10.1. The molecule has 4 heteroatoms. The molecule has 0 atom stereocenters. The Balaban J connectivity index is 2.60. The SMILES string of the molecule is CC(C)(C)Oc1ccccc1CNC(=O)CCCO. The maximum Gasteiger partial charge on any atom is 0.220 e. The van der Waals surface area contributed by atoms with Gasteiger partial charge in [0.05, 0.1) is 0 Å². The normalized spacial score (nSPS) is 11.2. The number of benzene rings is 1. The summed E-state index contributed by atoms with van der Waals surface area (Å²) in [6.07, 6.45) is 0.838. The second-order valence-corrected chi connectivity index (χ2v) is 5.43. The van der Waals surface area contributed by atoms with Crippen LogP contribution in [0.15, 0.2) is 24.3 Å². The first-order chi connectivity index (χ1) is 8.92. The molecule has 4 nitrogen and oxygen atoms in total. The Bertz CT molecular complexity index is 410. The van der Waals surface area contributed by atoms with Gasteiger partial charge in [0.15, 0.2) is 0 Å². The molecule has 0 aromatic heterocycles. The van der Waals surface area contributed by atoms with Crippen LogP contribution in [0.4, 0.5) is 0 Å². The lowest BCUT2D eigenvalue weighted by Gasteiger charge is -2.23. The van der Waals surface area contributed by atoms with Gasteiger partial charge in [-0.2, -0.15) is 0 Å². The highest BCUT2D eigenvalue weighted by molar-refractivity contribution is 5.75. The van der Waals surface area contributed by atoms with Gasteiger partial charge >= 0.3 is 0 Å². The highest BCUT2D eigenvalue weighted by atomic mass is 16.5. The van der Waals surface area contributed by atoms with Crippen molar-refractivity contribution in [3.63, 3.8) is 0 Å². The van der Waals surface area contributed by atoms with Gasteiger partial charge in [0.25, 0.3) is 0 Å². The number of carbonyl (C=O) groups is 1. The summed E-state index contributed by atoms with van der Waals surface area (Å²) in [6, 6.07) is 7.68. The van der Waals surface area contributed by atoms with Crippen molar-refractivity contribution in [1.29, 1.82) is 0 Å². The van der Waals surface area contributed by atoms with E-state index in [0.29, 0.717) is 19.4 Å². The molecule has 0 saturated carbocycles. The maximum absolute atomic E-state index is 11.5. The summed E-state index contributed by atoms with van der Waals surface area (Å²) in [5.41, 5.74) is 0.687. The fraction of sp³-hybridized carbons (Fsp3) is 0.533. The van der Waals surface area contributed by atoms with Crippen LogP contribution in [0.2, 0.25) is 0 Å². The minimum Gasteiger partial charge on any atom is -0.488 e. The number of aliphatic hydroxyl groups excluding tert-OH is 1. The lowest BCUT2D eigenvalue weighted by Crippen LogP contribution is -2.26. The maximum atomic E-state index is 11.5. The van der Waals surface area contributed by atoms with E-state index in [2.05, 4.69) is 5.32 Å². The van der Waals surface area contributed by atoms with Crippen molar-refractivity contribution >= 4 is 5.91 Å². The summed E-state index contributed by atoms with van der Waals surface area (Å²) in [4.78, 5) is 11.5. The van der Waals surface area contributed by atoms with E-state index in [4.69, 9.17) is 9.84 Å². The smallest absolute Gasteiger partial charge is 0.220 e. The highest BCUT2D eigenvalue weighted by Gasteiger charge is 2.14. The molecule has 1 amide bonds. The number of carbonyl (C=O) groups excluding carboxylic acids is 1. The zero-order valence-corrected chi connectivity index (χ0v) is 11.9. The van der Waals surface area contributed by atoms with Crippen LogP contribution in [0.3, 0.4) is 0 Å². The summed E-state index contributed by atoms with van der Waals surface area (Å²) in [6.45, 7) is 6.45. The Kier molecular flexibility index (Phi) is 5.83. The summed E-state index contributed by atoms with van der Waals surface area (Å²) in [5.74, 6) is 0.733. The van der Waals surface area contributed by atoms with Crippen LogP contribution in [0.25, 0.3) is 0 Å². The molecular weight excluding hydrogens is 242 g/mol. The van der Waals surface area contributed by atoms with Gasteiger partial charge in [-0.25, -0.2) is 0 Å². The molecule has 0 aliphatic carbocycles. The van der Waals surface area contributed by atoms with Crippen LogP contribution in [-0.4, -0.2) is 23.2 Å². The molecule has 1 aromatic rings. The monoisotopic (exact) mass is 265 g/mol. The lowest BCUT2D eigenvalue weighted by molar-refractivity contribution is -0.121. The third-order valence-corrected chi connectivity index (χ3v) is 2.43. The number of para-hydroxylation sites is 1. The van der Waals surface area contributed by atoms with E-state index in [9.17, 15) is 4.79 Å². The predicted molar refractivity (Wildman–Crippen MR) is 75.0 cm³/mol. The Morgan fingerprint density at radius 2 is 2.00 bits per heavy atom. The molecule has 0 saturated heterocycles. The summed E-state index contributed by atoms with van der Waals surface area (Å²) in [7, 11) is 0. The summed E-state index contributed by atoms with van der Waals surface area (Å²) in [5, 5.41) is 11.5. The van der Waals surface area contributed by atoms with Gasteiger partial charge in [0.2, 0.25) is 5.91 Å². The van der Waals surface area contributed by atoms with Crippen LogP contribution in [0, 0.1) is 0 Å². The van der Waals surface area contributed by atoms with Gasteiger partial charge in [0, 0.05) is 25.1 Å². The molecular formula is C15H23NO3. The van der Waals surface area contributed by atoms with Gasteiger partial charge in [-0.05, 0) is 33.3 Å². The van der Waals surface area contributed by atoms with Crippen LogP contribution >= 0.6 is 0 Å². The van der Waals surface area contributed by atoms with Crippen LogP contribution in [0.5, 0.6) is 5.75 Å². The number of hydrogen-bond donors (Lipinski definition) is 2. The number of rotatable bonds is 6. The topological polar surface area (TPSA) is 58.6 Å². The molecule has 2 N–H and O–H groups in total. The fourth-order valence-electron chi connectivity index (χ4n) is 1.60. The second kappa shape index (κ2) is 7.14. The molecule has 19 heavy (non-hydrogen) atoms. The molecule has 0 fully saturated rings.